The fraction of sp³-hybridized carbons (Fsp3) is 0.424. The predicted octanol–water partition coefficient (Wildman–Crippen LogP) is 6.76. The minimum Gasteiger partial charge on any atom is -0.444 e. The average Bonchev–Trinajstić information content (AvgIpc) is 2.85. The molecule has 0 spiro atoms. The number of carbonyl (C=O) groups is 3. The van der Waals surface area contributed by atoms with E-state index in [-0.39, 0.29) is 23.8 Å². The lowest BCUT2D eigenvalue weighted by atomic mass is 9.86. The number of nitrogens with zero attached hydrogens (tertiary/aromatic N) is 1. The Morgan fingerprint density at radius 2 is 1.57 bits per heavy atom. The minimum absolute atomic E-state index is 0.110. The molecule has 2 atom stereocenters. The molecule has 1 aliphatic carbocycles. The van der Waals surface area contributed by atoms with E-state index >= 15 is 0 Å². The van der Waals surface area contributed by atoms with E-state index < -0.39 is 23.8 Å². The van der Waals surface area contributed by atoms with Gasteiger partial charge in [0.05, 0.1) is 0 Å². The number of anilines is 1. The Bertz CT molecular complexity index is 1370. The maximum atomic E-state index is 14.4. The van der Waals surface area contributed by atoms with Gasteiger partial charge in [0.1, 0.15) is 17.7 Å². The number of aryl methyl sites for hydroxylation is 1. The lowest BCUT2D eigenvalue weighted by Crippen LogP contribution is -2.58. The van der Waals surface area contributed by atoms with E-state index in [9.17, 15) is 14.4 Å². The van der Waals surface area contributed by atoms with Gasteiger partial charge >= 0.3 is 6.09 Å². The number of hydrogen-bond donors (Lipinski definition) is 2. The molecule has 1 fully saturated rings. The third-order valence-electron chi connectivity index (χ3n) is 7.35. The zero-order valence-electron chi connectivity index (χ0n) is 24.4. The van der Waals surface area contributed by atoms with Gasteiger partial charge in [0.2, 0.25) is 5.91 Å². The van der Waals surface area contributed by atoms with Crippen LogP contribution in [0.15, 0.2) is 66.7 Å². The van der Waals surface area contributed by atoms with Gasteiger partial charge in [-0.05, 0) is 86.9 Å². The highest BCUT2D eigenvalue weighted by atomic mass is 16.6. The van der Waals surface area contributed by atoms with Crippen LogP contribution >= 0.6 is 0 Å². The molecule has 0 aliphatic heterocycles. The van der Waals surface area contributed by atoms with Crippen molar-refractivity contribution in [3.63, 3.8) is 0 Å². The van der Waals surface area contributed by atoms with E-state index in [1.165, 1.54) is 0 Å². The standard InChI is InChI=1S/C33H41N3O4/c1-21(2)28(35-32(39)40-33(4,5)6)31(38)36(26-15-11-16-26)29(27-17-10-7-12-22(27)3)30(37)34-25-19-18-23-13-8-9-14-24(23)20-25/h7-10,12-14,17-21,26,28-29H,11,15-16H2,1-6H3,(H,34,37)(H,35,39). The summed E-state index contributed by atoms with van der Waals surface area (Å²) in [7, 11) is 0. The van der Waals surface area contributed by atoms with Gasteiger partial charge in [-0.25, -0.2) is 4.79 Å². The van der Waals surface area contributed by atoms with Crippen LogP contribution < -0.4 is 10.6 Å². The van der Waals surface area contributed by atoms with E-state index in [1.54, 1.807) is 25.7 Å². The molecule has 7 heteroatoms. The van der Waals surface area contributed by atoms with Crippen LogP contribution in [0.1, 0.15) is 71.0 Å². The number of hydrogen-bond acceptors (Lipinski definition) is 4. The second-order valence-corrected chi connectivity index (χ2v) is 12.0. The van der Waals surface area contributed by atoms with Crippen molar-refractivity contribution in [2.24, 2.45) is 5.92 Å². The molecule has 1 aliphatic rings. The SMILES string of the molecule is Cc1ccccc1C(C(=O)Nc1ccc2ccccc2c1)N(C(=O)C(NC(=O)OC(C)(C)C)C(C)C)C1CCC1. The maximum absolute atomic E-state index is 14.4. The van der Waals surface area contributed by atoms with Crippen molar-refractivity contribution in [3.8, 4) is 0 Å². The van der Waals surface area contributed by atoms with Gasteiger partial charge in [-0.2, -0.15) is 0 Å². The highest BCUT2D eigenvalue weighted by Gasteiger charge is 2.43. The summed E-state index contributed by atoms with van der Waals surface area (Å²) in [5.41, 5.74) is 1.64. The van der Waals surface area contributed by atoms with Crippen LogP contribution in [0, 0.1) is 12.8 Å². The molecule has 0 heterocycles. The Morgan fingerprint density at radius 1 is 0.925 bits per heavy atom. The van der Waals surface area contributed by atoms with Crippen LogP contribution in [0.4, 0.5) is 10.5 Å². The van der Waals surface area contributed by atoms with Gasteiger partial charge in [0, 0.05) is 11.7 Å². The molecule has 1 saturated carbocycles. The summed E-state index contributed by atoms with van der Waals surface area (Å²) in [4.78, 5) is 43.0. The van der Waals surface area contributed by atoms with E-state index in [2.05, 4.69) is 10.6 Å². The van der Waals surface area contributed by atoms with E-state index in [0.29, 0.717) is 5.69 Å². The van der Waals surface area contributed by atoms with Crippen LogP contribution in [-0.2, 0) is 14.3 Å². The molecule has 7 nitrogen and oxygen atoms in total. The zero-order chi connectivity index (χ0) is 29.0. The first-order valence-corrected chi connectivity index (χ1v) is 14.1. The van der Waals surface area contributed by atoms with Gasteiger partial charge in [-0.15, -0.1) is 0 Å². The molecule has 2 unspecified atom stereocenters. The number of carbonyl (C=O) groups excluding carboxylic acids is 3. The molecule has 0 saturated heterocycles. The lowest BCUT2D eigenvalue weighted by molar-refractivity contribution is -0.146. The first kappa shape index (κ1) is 29.1. The second-order valence-electron chi connectivity index (χ2n) is 12.0. The van der Waals surface area contributed by atoms with Crippen molar-refractivity contribution >= 4 is 34.4 Å². The summed E-state index contributed by atoms with van der Waals surface area (Å²) in [5.74, 6) is -0.791. The van der Waals surface area contributed by atoms with Gasteiger partial charge in [-0.3, -0.25) is 9.59 Å². The summed E-state index contributed by atoms with van der Waals surface area (Å²) in [6, 6.07) is 19.6. The minimum atomic E-state index is -0.868. The first-order valence-electron chi connectivity index (χ1n) is 14.1. The van der Waals surface area contributed by atoms with E-state index in [4.69, 9.17) is 4.74 Å². The Labute approximate surface area is 237 Å². The molecule has 3 aromatic carbocycles. The van der Waals surface area contributed by atoms with Crippen molar-refractivity contribution in [1.82, 2.24) is 10.2 Å². The third kappa shape index (κ3) is 6.82. The molecule has 0 bridgehead atoms. The van der Waals surface area contributed by atoms with Crippen LogP contribution in [-0.4, -0.2) is 40.5 Å². The van der Waals surface area contributed by atoms with Crippen LogP contribution in [0.2, 0.25) is 0 Å². The number of ether oxygens (including phenoxy) is 1. The van der Waals surface area contributed by atoms with Crippen LogP contribution in [0.25, 0.3) is 10.8 Å². The zero-order valence-corrected chi connectivity index (χ0v) is 24.4. The van der Waals surface area contributed by atoms with Crippen molar-refractivity contribution in [2.45, 2.75) is 84.5 Å². The van der Waals surface area contributed by atoms with Gasteiger partial charge in [0.15, 0.2) is 0 Å². The first-order chi connectivity index (χ1) is 18.9. The summed E-state index contributed by atoms with van der Waals surface area (Å²) in [5, 5.41) is 7.99. The summed E-state index contributed by atoms with van der Waals surface area (Å²) < 4.78 is 5.47. The largest absolute Gasteiger partial charge is 0.444 e. The highest BCUT2D eigenvalue weighted by molar-refractivity contribution is 6.00. The Morgan fingerprint density at radius 3 is 2.17 bits per heavy atom. The number of rotatable bonds is 8. The Hall–Kier alpha value is -3.87. The molecule has 4 rings (SSSR count). The monoisotopic (exact) mass is 543 g/mol. The topological polar surface area (TPSA) is 87.7 Å². The van der Waals surface area contributed by atoms with Crippen molar-refractivity contribution in [1.29, 1.82) is 0 Å². The quantitative estimate of drug-likeness (QED) is 0.329. The molecule has 0 radical (unpaired) electrons. The van der Waals surface area contributed by atoms with Crippen LogP contribution in [0.5, 0.6) is 0 Å². The molecule has 3 amide bonds. The van der Waals surface area contributed by atoms with Crippen molar-refractivity contribution < 1.29 is 19.1 Å². The molecule has 0 aromatic heterocycles. The molecular weight excluding hydrogens is 502 g/mol. The predicted molar refractivity (Wildman–Crippen MR) is 159 cm³/mol. The van der Waals surface area contributed by atoms with E-state index in [0.717, 1.165) is 41.2 Å². The molecule has 40 heavy (non-hydrogen) atoms. The van der Waals surface area contributed by atoms with E-state index in [1.807, 2.05) is 87.5 Å². The van der Waals surface area contributed by atoms with Crippen LogP contribution in [0.3, 0.4) is 0 Å². The molecular formula is C33H41N3O4. The summed E-state index contributed by atoms with van der Waals surface area (Å²) in [6.07, 6.45) is 1.93. The number of amides is 3. The second kappa shape index (κ2) is 12.1. The normalized spacial score (nSPS) is 15.2. The molecule has 3 aromatic rings. The fourth-order valence-electron chi connectivity index (χ4n) is 5.08. The third-order valence-corrected chi connectivity index (χ3v) is 7.35. The highest BCUT2D eigenvalue weighted by Crippen LogP contribution is 2.36. The number of nitrogens with one attached hydrogen (secondary N) is 2. The number of alkyl carbamates (subject to hydrolysis) is 1. The van der Waals surface area contributed by atoms with Gasteiger partial charge < -0.3 is 20.3 Å². The molecule has 212 valence electrons. The number of benzene rings is 3. The Kier molecular flexibility index (Phi) is 8.82. The number of fused-ring (bicyclic) bond motifs is 1. The van der Waals surface area contributed by atoms with Crippen molar-refractivity contribution in [2.75, 3.05) is 5.32 Å². The molecule has 2 N–H and O–H groups in total. The summed E-state index contributed by atoms with van der Waals surface area (Å²) in [6.45, 7) is 11.1. The van der Waals surface area contributed by atoms with Gasteiger partial charge in [-0.1, -0.05) is 68.4 Å². The Balaban J connectivity index is 1.72. The maximum Gasteiger partial charge on any atom is 0.408 e. The average molecular weight is 544 g/mol. The smallest absolute Gasteiger partial charge is 0.408 e. The lowest BCUT2D eigenvalue weighted by Gasteiger charge is -2.44. The fourth-order valence-corrected chi connectivity index (χ4v) is 5.08. The summed E-state index contributed by atoms with van der Waals surface area (Å²) >= 11 is 0. The van der Waals surface area contributed by atoms with Crippen molar-refractivity contribution in [3.05, 3.63) is 77.9 Å². The van der Waals surface area contributed by atoms with Gasteiger partial charge in [0.25, 0.3) is 5.91 Å².